The lowest BCUT2D eigenvalue weighted by molar-refractivity contribution is 0.0945. The summed E-state index contributed by atoms with van der Waals surface area (Å²) in [5.74, 6) is -0.548. The molecule has 0 saturated carbocycles. The van der Waals surface area contributed by atoms with Crippen molar-refractivity contribution in [1.29, 1.82) is 0 Å². The molecule has 0 spiro atoms. The van der Waals surface area contributed by atoms with Crippen LogP contribution in [0.15, 0.2) is 53.4 Å². The third-order valence-corrected chi connectivity index (χ3v) is 4.70. The molecule has 0 fully saturated rings. The molecule has 0 bridgehead atoms. The summed E-state index contributed by atoms with van der Waals surface area (Å²) in [5, 5.41) is 0. The number of fused-ring (bicyclic) bond motifs is 1. The largest absolute Gasteiger partial charge is 0.273 e. The minimum absolute atomic E-state index is 0.0351. The predicted octanol–water partition coefficient (Wildman–Crippen LogP) is 1.31. The lowest BCUT2D eigenvalue weighted by atomic mass is 10.2. The van der Waals surface area contributed by atoms with Gasteiger partial charge in [0.25, 0.3) is 15.9 Å². The maximum Gasteiger partial charge on any atom is 0.266 e. The average molecular weight is 334 g/mol. The number of benzene rings is 2. The number of sulfonamides is 1. The molecule has 0 aliphatic carbocycles. The van der Waals surface area contributed by atoms with Gasteiger partial charge in [0.05, 0.1) is 11.7 Å². The third kappa shape index (κ3) is 2.82. The van der Waals surface area contributed by atoms with Crippen LogP contribution >= 0.6 is 11.7 Å². The Morgan fingerprint density at radius 2 is 1.77 bits per heavy atom. The Kier molecular flexibility index (Phi) is 3.84. The van der Waals surface area contributed by atoms with Gasteiger partial charge in [0.15, 0.2) is 0 Å². The van der Waals surface area contributed by atoms with E-state index in [0.29, 0.717) is 11.1 Å². The Bertz CT molecular complexity index is 923. The fraction of sp³-hybridized carbons (Fsp3) is 0. The van der Waals surface area contributed by atoms with Gasteiger partial charge < -0.3 is 0 Å². The molecule has 0 radical (unpaired) electrons. The molecule has 2 aromatic carbocycles. The third-order valence-electron chi connectivity index (χ3n) is 2.87. The summed E-state index contributed by atoms with van der Waals surface area (Å²) in [7, 11) is -3.94. The van der Waals surface area contributed by atoms with Crippen molar-refractivity contribution in [2.75, 3.05) is 0 Å². The van der Waals surface area contributed by atoms with E-state index in [9.17, 15) is 13.2 Å². The van der Waals surface area contributed by atoms with Crippen LogP contribution in [-0.2, 0) is 10.0 Å². The predicted molar refractivity (Wildman–Crippen MR) is 81.6 cm³/mol. The Labute approximate surface area is 130 Å². The van der Waals surface area contributed by atoms with E-state index in [0.717, 1.165) is 11.7 Å². The molecule has 112 valence electrons. The molecule has 2 N–H and O–H groups in total. The normalized spacial score (nSPS) is 11.5. The molecule has 0 saturated heterocycles. The van der Waals surface area contributed by atoms with E-state index in [1.165, 1.54) is 6.07 Å². The molecular weight excluding hydrogens is 324 g/mol. The monoisotopic (exact) mass is 334 g/mol. The summed E-state index contributed by atoms with van der Waals surface area (Å²) in [6, 6.07) is 12.9. The number of amides is 1. The standard InChI is InChI=1S/C13H10N4O3S2/c18-13(9-5-2-1-3-6-9)14-17-22(19,20)11-8-4-7-10-12(11)16-21-15-10/h1-8,17H,(H,14,18). The second kappa shape index (κ2) is 5.79. The zero-order valence-corrected chi connectivity index (χ0v) is 12.7. The van der Waals surface area contributed by atoms with Gasteiger partial charge in [-0.2, -0.15) is 8.75 Å². The lowest BCUT2D eigenvalue weighted by Crippen LogP contribution is -2.41. The lowest BCUT2D eigenvalue weighted by Gasteiger charge is -2.08. The molecule has 0 aliphatic rings. The molecule has 0 atom stereocenters. The Morgan fingerprint density at radius 1 is 1.00 bits per heavy atom. The van der Waals surface area contributed by atoms with Crippen LogP contribution in [0.5, 0.6) is 0 Å². The van der Waals surface area contributed by atoms with Gasteiger partial charge in [-0.3, -0.25) is 10.2 Å². The highest BCUT2D eigenvalue weighted by Gasteiger charge is 2.20. The van der Waals surface area contributed by atoms with Crippen molar-refractivity contribution in [3.8, 4) is 0 Å². The SMILES string of the molecule is O=C(NNS(=O)(=O)c1cccc2nsnc12)c1ccccc1. The van der Waals surface area contributed by atoms with Gasteiger partial charge >= 0.3 is 0 Å². The van der Waals surface area contributed by atoms with E-state index in [1.54, 1.807) is 42.5 Å². The number of aromatic nitrogens is 2. The van der Waals surface area contributed by atoms with E-state index in [-0.39, 0.29) is 10.4 Å². The van der Waals surface area contributed by atoms with Gasteiger partial charge in [0, 0.05) is 5.56 Å². The Hall–Kier alpha value is -2.36. The molecule has 1 amide bonds. The topological polar surface area (TPSA) is 101 Å². The highest BCUT2D eigenvalue weighted by Crippen LogP contribution is 2.20. The number of hydrazine groups is 1. The van der Waals surface area contributed by atoms with Crippen molar-refractivity contribution in [2.45, 2.75) is 4.90 Å². The van der Waals surface area contributed by atoms with E-state index in [1.807, 2.05) is 0 Å². The molecule has 9 heteroatoms. The van der Waals surface area contributed by atoms with E-state index >= 15 is 0 Å². The zero-order chi connectivity index (χ0) is 15.6. The molecule has 3 rings (SSSR count). The molecule has 0 unspecified atom stereocenters. The summed E-state index contributed by atoms with van der Waals surface area (Å²) < 4.78 is 32.5. The van der Waals surface area contributed by atoms with Crippen LogP contribution in [0.2, 0.25) is 0 Å². The number of nitrogens with one attached hydrogen (secondary N) is 2. The van der Waals surface area contributed by atoms with Crippen LogP contribution in [0.1, 0.15) is 10.4 Å². The van der Waals surface area contributed by atoms with Gasteiger partial charge in [-0.25, -0.2) is 8.42 Å². The summed E-state index contributed by atoms with van der Waals surface area (Å²) >= 11 is 0.925. The summed E-state index contributed by atoms with van der Waals surface area (Å²) in [6.07, 6.45) is 0. The highest BCUT2D eigenvalue weighted by atomic mass is 32.2. The highest BCUT2D eigenvalue weighted by molar-refractivity contribution is 7.89. The van der Waals surface area contributed by atoms with Crippen molar-refractivity contribution in [3.63, 3.8) is 0 Å². The van der Waals surface area contributed by atoms with Gasteiger partial charge in [-0.05, 0) is 24.3 Å². The number of rotatable bonds is 4. The van der Waals surface area contributed by atoms with Crippen LogP contribution in [0.25, 0.3) is 11.0 Å². The second-order valence-electron chi connectivity index (χ2n) is 4.31. The van der Waals surface area contributed by atoms with Crippen LogP contribution in [0.3, 0.4) is 0 Å². The first-order valence-electron chi connectivity index (χ1n) is 6.16. The molecule has 7 nitrogen and oxygen atoms in total. The first-order chi connectivity index (χ1) is 10.6. The van der Waals surface area contributed by atoms with Crippen molar-refractivity contribution >= 4 is 38.7 Å². The quantitative estimate of drug-likeness (QED) is 0.701. The maximum absolute atomic E-state index is 12.3. The molecule has 22 heavy (non-hydrogen) atoms. The van der Waals surface area contributed by atoms with Crippen LogP contribution in [0.4, 0.5) is 0 Å². The Morgan fingerprint density at radius 3 is 2.55 bits per heavy atom. The zero-order valence-electron chi connectivity index (χ0n) is 11.1. The van der Waals surface area contributed by atoms with Crippen LogP contribution < -0.4 is 10.3 Å². The summed E-state index contributed by atoms with van der Waals surface area (Å²) in [6.45, 7) is 0. The average Bonchev–Trinajstić information content (AvgIpc) is 3.02. The number of carbonyl (C=O) groups excluding carboxylic acids is 1. The summed E-state index contributed by atoms with van der Waals surface area (Å²) in [4.78, 5) is 13.9. The van der Waals surface area contributed by atoms with E-state index in [4.69, 9.17) is 0 Å². The van der Waals surface area contributed by atoms with Crippen LogP contribution in [0, 0.1) is 0 Å². The van der Waals surface area contributed by atoms with Gasteiger partial charge in [0.2, 0.25) is 0 Å². The fourth-order valence-electron chi connectivity index (χ4n) is 1.83. The van der Waals surface area contributed by atoms with E-state index in [2.05, 4.69) is 19.0 Å². The molecular formula is C13H10N4O3S2. The second-order valence-corrected chi connectivity index (χ2v) is 6.49. The van der Waals surface area contributed by atoms with Crippen molar-refractivity contribution < 1.29 is 13.2 Å². The van der Waals surface area contributed by atoms with Gasteiger partial charge in [-0.15, -0.1) is 4.83 Å². The first kappa shape index (κ1) is 14.6. The molecule has 1 heterocycles. The molecule has 1 aromatic heterocycles. The number of hydrogen-bond acceptors (Lipinski definition) is 6. The van der Waals surface area contributed by atoms with Crippen molar-refractivity contribution in [3.05, 3.63) is 54.1 Å². The number of nitrogens with zero attached hydrogens (tertiary/aromatic N) is 2. The minimum Gasteiger partial charge on any atom is -0.273 e. The smallest absolute Gasteiger partial charge is 0.266 e. The van der Waals surface area contributed by atoms with Crippen LogP contribution in [-0.4, -0.2) is 23.1 Å². The first-order valence-corrected chi connectivity index (χ1v) is 8.38. The summed E-state index contributed by atoms with van der Waals surface area (Å²) in [5.41, 5.74) is 3.28. The molecule has 0 aliphatic heterocycles. The van der Waals surface area contributed by atoms with Gasteiger partial charge in [0.1, 0.15) is 15.9 Å². The minimum atomic E-state index is -3.94. The number of hydrogen-bond donors (Lipinski definition) is 2. The van der Waals surface area contributed by atoms with Crippen molar-refractivity contribution in [2.24, 2.45) is 0 Å². The number of carbonyl (C=O) groups is 1. The fourth-order valence-corrected chi connectivity index (χ4v) is 3.44. The van der Waals surface area contributed by atoms with Gasteiger partial charge in [-0.1, -0.05) is 24.3 Å². The maximum atomic E-state index is 12.3. The van der Waals surface area contributed by atoms with E-state index < -0.39 is 15.9 Å². The molecule has 3 aromatic rings. The Balaban J connectivity index is 1.83. The van der Waals surface area contributed by atoms with Crippen molar-refractivity contribution in [1.82, 2.24) is 19.0 Å².